The first-order valence-corrected chi connectivity index (χ1v) is 49.8. The fraction of sp³-hybridized carbons (Fsp3) is 0.415. The van der Waals surface area contributed by atoms with Crippen LogP contribution in [0.4, 0.5) is 52.4 Å². The summed E-state index contributed by atoms with van der Waals surface area (Å²) in [6.07, 6.45) is 46.5. The molecule has 0 radical (unpaired) electrons. The third kappa shape index (κ3) is 24.6. The molecule has 0 bridgehead atoms. The predicted octanol–water partition coefficient (Wildman–Crippen LogP) is 12.5. The van der Waals surface area contributed by atoms with Gasteiger partial charge in [-0.05, 0) is 207 Å². The minimum atomic E-state index is -0.724. The van der Waals surface area contributed by atoms with Crippen LogP contribution in [0, 0.1) is 11.8 Å². The molecule has 5 aliphatic rings. The Morgan fingerprint density at radius 3 is 0.978 bits per heavy atom. The van der Waals surface area contributed by atoms with E-state index in [1.807, 2.05) is 168 Å². The average Bonchev–Trinajstić information content (AvgIpc) is 1.61. The van der Waals surface area contributed by atoms with E-state index in [0.29, 0.717) is 44.8 Å². The predicted molar refractivity (Wildman–Crippen MR) is 533 cm³/mol. The third-order valence-electron chi connectivity index (χ3n) is 25.0. The maximum atomic E-state index is 10.7. The van der Waals surface area contributed by atoms with Crippen LogP contribution in [0.15, 0.2) is 206 Å². The van der Waals surface area contributed by atoms with Crippen LogP contribution in [0.1, 0.15) is 162 Å². The molecule has 15 aromatic heterocycles. The Labute approximate surface area is 829 Å². The first-order chi connectivity index (χ1) is 66.1. The van der Waals surface area contributed by atoms with E-state index in [2.05, 4.69) is 175 Å². The second-order valence-electron chi connectivity index (χ2n) is 34.8. The molecule has 0 aromatic carbocycles. The van der Waals surface area contributed by atoms with E-state index < -0.39 is 5.60 Å². The van der Waals surface area contributed by atoms with Gasteiger partial charge in [0.1, 0.15) is 87.9 Å². The summed E-state index contributed by atoms with van der Waals surface area (Å²) < 4.78 is 21.6. The molecule has 20 rings (SSSR count). The van der Waals surface area contributed by atoms with Gasteiger partial charge in [0.25, 0.3) is 0 Å². The zero-order chi connectivity index (χ0) is 94.8. The summed E-state index contributed by atoms with van der Waals surface area (Å²) in [6, 6.07) is 31.2. The van der Waals surface area contributed by atoms with Crippen molar-refractivity contribution in [3.63, 3.8) is 0 Å². The highest BCUT2D eigenvalue weighted by molar-refractivity contribution is 9.11. The van der Waals surface area contributed by atoms with Crippen LogP contribution < -0.4 is 95.7 Å². The lowest BCUT2D eigenvalue weighted by atomic mass is 9.81. The Bertz CT molecular complexity index is 6530. The average molecular weight is 2180 g/mol. The van der Waals surface area contributed by atoms with Gasteiger partial charge in [0, 0.05) is 181 Å². The summed E-state index contributed by atoms with van der Waals surface area (Å²) in [5, 5.41) is 83.9. The summed E-state index contributed by atoms with van der Waals surface area (Å²) in [4.78, 5) is 49.8. The van der Waals surface area contributed by atoms with Gasteiger partial charge in [0.05, 0.1) is 76.8 Å². The molecule has 6 atom stereocenters. The van der Waals surface area contributed by atoms with Gasteiger partial charge >= 0.3 is 0 Å². The number of fused-ring (bicyclic) bond motifs is 5. The second-order valence-corrected chi connectivity index (χ2v) is 39.0. The minimum Gasteiger partial charge on any atom is -0.396 e. The van der Waals surface area contributed by atoms with Crippen molar-refractivity contribution in [3.8, 4) is 0 Å². The fourth-order valence-electron chi connectivity index (χ4n) is 17.7. The van der Waals surface area contributed by atoms with Crippen LogP contribution in [0.2, 0.25) is 0 Å². The molecule has 15 heterocycles. The summed E-state index contributed by atoms with van der Waals surface area (Å²) in [6.45, 7) is 7.17. The van der Waals surface area contributed by atoms with E-state index >= 15 is 0 Å². The number of rotatable bonds is 31. The van der Waals surface area contributed by atoms with Crippen LogP contribution in [0.5, 0.6) is 0 Å². The number of halogens is 5. The smallest absolute Gasteiger partial charge is 0.227 e. The fourth-order valence-corrected chi connectivity index (χ4v) is 19.4. The van der Waals surface area contributed by atoms with Crippen LogP contribution in [0.3, 0.4) is 0 Å². The van der Waals surface area contributed by atoms with Gasteiger partial charge in [-0.3, -0.25) is 24.2 Å². The van der Waals surface area contributed by atoms with Gasteiger partial charge in [-0.1, -0.05) is 32.1 Å². The zero-order valence-corrected chi connectivity index (χ0v) is 84.8. The zero-order valence-electron chi connectivity index (χ0n) is 76.9. The molecule has 5 aliphatic carbocycles. The molecule has 136 heavy (non-hydrogen) atoms. The van der Waals surface area contributed by atoms with Gasteiger partial charge in [0.15, 0.2) is 28.2 Å². The Kier molecular flexibility index (Phi) is 32.9. The molecule has 15 aromatic rings. The Morgan fingerprint density at radius 2 is 0.662 bits per heavy atom. The van der Waals surface area contributed by atoms with Gasteiger partial charge in [0.2, 0.25) is 62.0 Å². The Morgan fingerprint density at radius 1 is 0.368 bits per heavy atom. The number of pyridine rings is 5. The molecule has 0 amide bonds. The van der Waals surface area contributed by atoms with Gasteiger partial charge < -0.3 is 63.2 Å². The quantitative estimate of drug-likeness (QED) is 0.0180. The normalized spacial score (nSPS) is 17.6. The standard InChI is InChI=1S/C21H27BrN5O2.C20H26BrN6O2.C18H22BrN6O2.C18H22BrN6O.C17H20BrN6O/c1-21(2,28)16-8-4-7-15(16)18-10-19(27-20(25-18)17(22)12-24-27)23-11-14-6-5-9-26(13-14)29-3;1-29-26-8-4-5-14(12-26)10-22-19-9-18(25-20-16(21)11-23-27(19)20)24-17-7-3-2-6-15(17)13-28;1-27-24-7-3-4-12(11-24)9-20-17-8-16(22-14-5-2-6-15(14)26)23-18-13(19)10-21-25(17)18;1-26-24-8-4-5-13(12-24)10-20-17-9-16(22-14-6-2-3-7-14)23-18-15(19)11-21-25(17)18;1-25-23-7-3-4-12(11-23)9-19-16-8-15(21-13-5-2-6-13)22-17-14(18)10-20-24(16)17/h5-6,9-10,12-13,15-16,23,28H,4,7-8,11H2,1-3H3;4-5,8-9,11-12,15,17,22,28H,2-3,6-7,10,13H2,1H3,(H,24,25);3-4,7-8,10-11,14-15,20,26H,2,5-6,9H2,1H3,(H,22,23);4-5,8-9,11-12,14,20H,2-3,6-7,10H2,1H3,(H,22,23);3-4,7-8,10-11,13,19H,2,5-6,9H2,1H3,(H,21,22)/q5*+1/t15?,16-;15-,17-;14-,15-;;/m110../s1. The van der Waals surface area contributed by atoms with E-state index in [1.165, 1.54) is 57.8 Å². The molecule has 0 saturated heterocycles. The van der Waals surface area contributed by atoms with E-state index in [4.69, 9.17) is 39.1 Å². The number of hydrogen-bond acceptors (Lipinski definition) is 27. The van der Waals surface area contributed by atoms with Crippen molar-refractivity contribution >= 4 is 160 Å². The maximum absolute atomic E-state index is 10.7. The molecule has 5 fully saturated rings. The highest BCUT2D eigenvalue weighted by Crippen LogP contribution is 2.46. The van der Waals surface area contributed by atoms with E-state index in [9.17, 15) is 15.3 Å². The largest absolute Gasteiger partial charge is 0.396 e. The number of hydrogen-bond donors (Lipinski definition) is 12. The molecule has 716 valence electrons. The molecule has 0 aliphatic heterocycles. The van der Waals surface area contributed by atoms with E-state index in [0.717, 1.165) is 188 Å². The third-order valence-corrected chi connectivity index (χ3v) is 27.8. The number of aliphatic hydroxyl groups excluding tert-OH is 2. The van der Waals surface area contributed by atoms with Gasteiger partial charge in [-0.2, -0.15) is 48.1 Å². The molecule has 42 heteroatoms. The number of nitrogens with one attached hydrogen (secondary N) is 9. The summed E-state index contributed by atoms with van der Waals surface area (Å²) in [5.41, 5.74) is 9.57. The van der Waals surface area contributed by atoms with Crippen LogP contribution in [-0.2, 0) is 32.7 Å². The van der Waals surface area contributed by atoms with Crippen molar-refractivity contribution in [2.75, 3.05) is 90.0 Å². The van der Waals surface area contributed by atoms with E-state index in [-0.39, 0.29) is 42.5 Å². The number of aromatic nitrogens is 20. The molecular weight excluding hydrogens is 2060 g/mol. The summed E-state index contributed by atoms with van der Waals surface area (Å²) in [7, 11) is 8.18. The van der Waals surface area contributed by atoms with Crippen molar-refractivity contribution in [2.45, 2.75) is 198 Å². The lowest BCUT2D eigenvalue weighted by molar-refractivity contribution is -0.885. The molecule has 5 saturated carbocycles. The van der Waals surface area contributed by atoms with Crippen LogP contribution >= 0.6 is 79.6 Å². The summed E-state index contributed by atoms with van der Waals surface area (Å²) >= 11 is 17.7. The Hall–Kier alpha value is -11.7. The SMILES string of the molecule is CO[n+]1cccc(CNc2cc(C3CCC[C@H]3C(C)(C)O)nc3c(Br)cnn23)c1.CO[n+]1cccc(CNc2cc(NC3CCC3)nc3c(Br)cnn23)c1.CO[n+]1cccc(CNc2cc(NC3CCCC3)nc3c(Br)cnn23)c1.CO[n+]1cccc(CNc2cc(N[C@@H]3CCCC[C@@H]3CO)nc3c(Br)cnn23)c1.CO[n+]1cccc(CNc2cc(N[C@H]3CCC[C@@H]3O)nc3c(Br)cnn23)c1. The van der Waals surface area contributed by atoms with Crippen molar-refractivity contribution in [1.82, 2.24) is 73.0 Å². The van der Waals surface area contributed by atoms with Crippen LogP contribution in [0.25, 0.3) is 28.2 Å². The maximum Gasteiger partial charge on any atom is 0.227 e. The van der Waals surface area contributed by atoms with Gasteiger partial charge in [-0.25, -0.2) is 24.9 Å². The first kappa shape index (κ1) is 97.4. The second kappa shape index (κ2) is 46.0. The lowest BCUT2D eigenvalue weighted by Crippen LogP contribution is -2.40. The summed E-state index contributed by atoms with van der Waals surface area (Å²) in [5.74, 6) is 8.28. The topological polar surface area (TPSA) is 385 Å². The number of aliphatic hydroxyl groups is 3. The Balaban J connectivity index is 0.000000123. The first-order valence-electron chi connectivity index (χ1n) is 45.9. The van der Waals surface area contributed by atoms with Crippen molar-refractivity contribution in [1.29, 1.82) is 0 Å². The molecule has 0 spiro atoms. The monoisotopic (exact) mass is 2170 g/mol. The molecule has 37 nitrogen and oxygen atoms in total. The minimum absolute atomic E-state index is 0.0317. The highest BCUT2D eigenvalue weighted by Gasteiger charge is 2.40. The number of anilines is 9. The van der Waals surface area contributed by atoms with Crippen molar-refractivity contribution < 1.29 is 63.2 Å². The lowest BCUT2D eigenvalue weighted by Gasteiger charge is -2.31. The molecular formula is C94H117Br5N29O8+5. The highest BCUT2D eigenvalue weighted by atomic mass is 79.9. The van der Waals surface area contributed by atoms with Gasteiger partial charge in [-0.15, -0.1) is 0 Å². The van der Waals surface area contributed by atoms with Crippen molar-refractivity contribution in [2.24, 2.45) is 11.8 Å². The molecule has 1 unspecified atom stereocenters. The van der Waals surface area contributed by atoms with Crippen LogP contribution in [-0.4, -0.2) is 166 Å². The van der Waals surface area contributed by atoms with E-state index in [1.54, 1.807) is 99.2 Å². The van der Waals surface area contributed by atoms with Crippen molar-refractivity contribution in [3.05, 3.63) is 240 Å². The number of nitrogens with zero attached hydrogens (tertiary/aromatic N) is 20. The molecule has 12 N–H and O–H groups in total.